The summed E-state index contributed by atoms with van der Waals surface area (Å²) < 4.78 is 0. The zero-order valence-electron chi connectivity index (χ0n) is 10.2. The molecule has 1 fully saturated rings. The molecule has 0 N–H and O–H groups in total. The molecule has 0 radical (unpaired) electrons. The van der Waals surface area contributed by atoms with Crippen LogP contribution in [0.2, 0.25) is 0 Å². The largest absolute Gasteiger partial charge is 0.118 e. The fraction of sp³-hybridized carbons (Fsp3) is 0.714. The van der Waals surface area contributed by atoms with Crippen LogP contribution in [-0.2, 0) is 0 Å². The van der Waals surface area contributed by atoms with E-state index in [0.29, 0.717) is 0 Å². The molecule has 1 aliphatic rings. The Morgan fingerprint density at radius 2 is 2.00 bits per heavy atom. The van der Waals surface area contributed by atoms with E-state index in [4.69, 9.17) is 11.6 Å². The lowest BCUT2D eigenvalue weighted by atomic mass is 9.91. The number of hydrogen-bond acceptors (Lipinski definition) is 0. The van der Waals surface area contributed by atoms with E-state index in [-0.39, 0.29) is 5.38 Å². The van der Waals surface area contributed by atoms with Gasteiger partial charge in [0.05, 0.1) is 5.38 Å². The molecule has 1 saturated carbocycles. The summed E-state index contributed by atoms with van der Waals surface area (Å²) in [5.41, 5.74) is 2.90. The molecule has 1 unspecified atom stereocenters. The highest BCUT2D eigenvalue weighted by Crippen LogP contribution is 2.34. The summed E-state index contributed by atoms with van der Waals surface area (Å²) in [7, 11) is 0. The summed E-state index contributed by atoms with van der Waals surface area (Å²) in [6.45, 7) is 6.50. The Morgan fingerprint density at radius 1 is 1.40 bits per heavy atom. The highest BCUT2D eigenvalue weighted by molar-refractivity contribution is 6.22. The van der Waals surface area contributed by atoms with Crippen molar-refractivity contribution in [3.63, 3.8) is 0 Å². The number of rotatable bonds is 4. The first kappa shape index (κ1) is 12.8. The van der Waals surface area contributed by atoms with Crippen molar-refractivity contribution in [1.29, 1.82) is 0 Å². The van der Waals surface area contributed by atoms with Gasteiger partial charge in [-0.05, 0) is 44.6 Å². The van der Waals surface area contributed by atoms with Gasteiger partial charge in [0.25, 0.3) is 0 Å². The second kappa shape index (κ2) is 6.37. The Kier molecular flexibility index (Phi) is 5.45. The van der Waals surface area contributed by atoms with E-state index in [0.717, 1.165) is 12.3 Å². The molecule has 1 rings (SSSR count). The summed E-state index contributed by atoms with van der Waals surface area (Å²) in [6.07, 6.45) is 10.8. The van der Waals surface area contributed by atoms with Gasteiger partial charge in [-0.15, -0.1) is 11.6 Å². The maximum absolute atomic E-state index is 6.37. The first-order valence-corrected chi connectivity index (χ1v) is 6.61. The molecule has 0 spiro atoms. The molecule has 1 aliphatic carbocycles. The normalized spacial score (nSPS) is 22.1. The fourth-order valence-corrected chi connectivity index (χ4v) is 2.72. The second-order valence-electron chi connectivity index (χ2n) is 4.50. The average Bonchev–Trinajstić information content (AvgIpc) is 2.77. The third kappa shape index (κ3) is 3.38. The molecule has 1 atom stereocenters. The Labute approximate surface area is 99.4 Å². The summed E-state index contributed by atoms with van der Waals surface area (Å²) in [5.74, 6) is 0.795. The molecular weight excluding hydrogens is 204 g/mol. The topological polar surface area (TPSA) is 0 Å². The van der Waals surface area contributed by atoms with Gasteiger partial charge in [-0.1, -0.05) is 37.5 Å². The first-order chi connectivity index (χ1) is 7.20. The van der Waals surface area contributed by atoms with Crippen molar-refractivity contribution in [1.82, 2.24) is 0 Å². The lowest BCUT2D eigenvalue weighted by molar-refractivity contribution is 0.632. The Bertz CT molecular complexity index is 244. The van der Waals surface area contributed by atoms with Gasteiger partial charge in [0.2, 0.25) is 0 Å². The third-order valence-electron chi connectivity index (χ3n) is 3.47. The van der Waals surface area contributed by atoms with Crippen LogP contribution in [0, 0.1) is 5.92 Å². The van der Waals surface area contributed by atoms with Gasteiger partial charge < -0.3 is 0 Å². The number of halogens is 1. The predicted molar refractivity (Wildman–Crippen MR) is 69.4 cm³/mol. The second-order valence-corrected chi connectivity index (χ2v) is 5.02. The molecule has 0 aliphatic heterocycles. The molecule has 0 amide bonds. The summed E-state index contributed by atoms with van der Waals surface area (Å²) in [4.78, 5) is 0. The highest BCUT2D eigenvalue weighted by atomic mass is 35.5. The molecular formula is C14H23Cl. The quantitative estimate of drug-likeness (QED) is 0.463. The van der Waals surface area contributed by atoms with E-state index >= 15 is 0 Å². The lowest BCUT2D eigenvalue weighted by Crippen LogP contribution is -2.07. The molecule has 15 heavy (non-hydrogen) atoms. The van der Waals surface area contributed by atoms with Crippen LogP contribution in [0.3, 0.4) is 0 Å². The molecule has 0 bridgehead atoms. The van der Waals surface area contributed by atoms with Gasteiger partial charge in [-0.2, -0.15) is 0 Å². The summed E-state index contributed by atoms with van der Waals surface area (Å²) >= 11 is 6.37. The van der Waals surface area contributed by atoms with Gasteiger partial charge in [-0.3, -0.25) is 0 Å². The molecule has 0 aromatic heterocycles. The Balaban J connectivity index is 2.86. The van der Waals surface area contributed by atoms with E-state index in [1.165, 1.54) is 36.8 Å². The van der Waals surface area contributed by atoms with Gasteiger partial charge in [0.1, 0.15) is 0 Å². The van der Waals surface area contributed by atoms with Crippen LogP contribution in [0.5, 0.6) is 0 Å². The van der Waals surface area contributed by atoms with Crippen molar-refractivity contribution >= 4 is 11.6 Å². The highest BCUT2D eigenvalue weighted by Gasteiger charge is 2.20. The molecule has 0 aromatic rings. The van der Waals surface area contributed by atoms with Crippen molar-refractivity contribution in [2.45, 2.75) is 58.3 Å². The molecule has 1 heteroatoms. The monoisotopic (exact) mass is 226 g/mol. The molecule has 0 saturated heterocycles. The lowest BCUT2D eigenvalue weighted by Gasteiger charge is -2.18. The van der Waals surface area contributed by atoms with Crippen molar-refractivity contribution in [2.75, 3.05) is 0 Å². The molecule has 0 nitrogen and oxygen atoms in total. The third-order valence-corrected chi connectivity index (χ3v) is 4.01. The predicted octanol–water partition coefficient (Wildman–Crippen LogP) is 5.09. The zero-order valence-corrected chi connectivity index (χ0v) is 11.0. The van der Waals surface area contributed by atoms with Crippen molar-refractivity contribution in [3.8, 4) is 0 Å². The van der Waals surface area contributed by atoms with E-state index in [1.54, 1.807) is 0 Å². The minimum absolute atomic E-state index is 0.196. The van der Waals surface area contributed by atoms with Crippen LogP contribution in [0.15, 0.2) is 23.3 Å². The Morgan fingerprint density at radius 3 is 2.47 bits per heavy atom. The minimum atomic E-state index is 0.196. The van der Waals surface area contributed by atoms with E-state index in [9.17, 15) is 0 Å². The summed E-state index contributed by atoms with van der Waals surface area (Å²) in [6, 6.07) is 0. The van der Waals surface area contributed by atoms with Crippen molar-refractivity contribution in [3.05, 3.63) is 23.3 Å². The van der Waals surface area contributed by atoms with E-state index in [1.807, 2.05) is 0 Å². The van der Waals surface area contributed by atoms with Crippen LogP contribution >= 0.6 is 11.6 Å². The number of alkyl halides is 1. The molecule has 0 heterocycles. The number of hydrogen-bond donors (Lipinski definition) is 0. The van der Waals surface area contributed by atoms with Gasteiger partial charge >= 0.3 is 0 Å². The smallest absolute Gasteiger partial charge is 0.0582 e. The van der Waals surface area contributed by atoms with Crippen LogP contribution in [0.1, 0.15) is 52.9 Å². The van der Waals surface area contributed by atoms with Gasteiger partial charge in [-0.25, -0.2) is 0 Å². The van der Waals surface area contributed by atoms with E-state index in [2.05, 4.69) is 32.9 Å². The van der Waals surface area contributed by atoms with Gasteiger partial charge in [0, 0.05) is 0 Å². The zero-order chi connectivity index (χ0) is 11.3. The first-order valence-electron chi connectivity index (χ1n) is 6.18. The minimum Gasteiger partial charge on any atom is -0.118 e. The Hall–Kier alpha value is -0.230. The van der Waals surface area contributed by atoms with Crippen LogP contribution in [0.4, 0.5) is 0 Å². The maximum atomic E-state index is 6.37. The maximum Gasteiger partial charge on any atom is 0.0582 e. The van der Waals surface area contributed by atoms with Crippen molar-refractivity contribution < 1.29 is 0 Å². The van der Waals surface area contributed by atoms with Crippen LogP contribution in [-0.4, -0.2) is 5.38 Å². The van der Waals surface area contributed by atoms with Crippen LogP contribution < -0.4 is 0 Å². The summed E-state index contributed by atoms with van der Waals surface area (Å²) in [5, 5.41) is 0.196. The van der Waals surface area contributed by atoms with E-state index < -0.39 is 0 Å². The SMILES string of the molecule is C/C=C\C(=C(/C)C1CCCC1)C(Cl)CC. The molecule has 86 valence electrons. The average molecular weight is 227 g/mol. The van der Waals surface area contributed by atoms with Crippen molar-refractivity contribution in [2.24, 2.45) is 5.92 Å². The molecule has 0 aromatic carbocycles. The fourth-order valence-electron chi connectivity index (χ4n) is 2.48. The van der Waals surface area contributed by atoms with Crippen LogP contribution in [0.25, 0.3) is 0 Å². The number of allylic oxidation sites excluding steroid dienone is 4. The standard InChI is InChI=1S/C14H23Cl/c1-4-8-13(14(15)5-2)11(3)12-9-6-7-10-12/h4,8,12,14H,5-7,9-10H2,1-3H3/b8-4-,13-11-. The van der Waals surface area contributed by atoms with Gasteiger partial charge in [0.15, 0.2) is 0 Å².